The molecule has 0 amide bonds. The average molecular weight is 431 g/mol. The Labute approximate surface area is 188 Å². The van der Waals surface area contributed by atoms with E-state index < -0.39 is 0 Å². The fourth-order valence-corrected chi connectivity index (χ4v) is 6.56. The number of thioether (sulfide) groups is 1. The van der Waals surface area contributed by atoms with Gasteiger partial charge in [0.2, 0.25) is 0 Å². The van der Waals surface area contributed by atoms with Crippen molar-refractivity contribution in [2.45, 2.75) is 69.0 Å². The Morgan fingerprint density at radius 1 is 1.00 bits per heavy atom. The average Bonchev–Trinajstić information content (AvgIpc) is 2.80. The minimum atomic E-state index is -0.0316. The Balaban J connectivity index is 1.58. The molecule has 0 bridgehead atoms. The van der Waals surface area contributed by atoms with Crippen LogP contribution in [0.4, 0.5) is 0 Å². The largest absolute Gasteiger partial charge is 0.288 e. The van der Waals surface area contributed by atoms with Crippen LogP contribution in [-0.4, -0.2) is 15.3 Å². The minimum Gasteiger partial charge on any atom is -0.288 e. The van der Waals surface area contributed by atoms with Gasteiger partial charge in [-0.2, -0.15) is 0 Å². The predicted molar refractivity (Wildman–Crippen MR) is 129 cm³/mol. The molecule has 0 saturated heterocycles. The monoisotopic (exact) mass is 430 g/mol. The van der Waals surface area contributed by atoms with Gasteiger partial charge in [0.15, 0.2) is 5.16 Å². The lowest BCUT2D eigenvalue weighted by molar-refractivity contribution is 0.282. The molecular formula is C27H30N2OS. The molecule has 1 heterocycles. The Bertz CT molecular complexity index is 1130. The van der Waals surface area contributed by atoms with Gasteiger partial charge in [-0.1, -0.05) is 85.6 Å². The fraction of sp³-hybridized carbons (Fsp3) is 0.407. The van der Waals surface area contributed by atoms with E-state index in [-0.39, 0.29) is 11.0 Å². The van der Waals surface area contributed by atoms with Crippen molar-refractivity contribution in [3.63, 3.8) is 0 Å². The molecule has 1 fully saturated rings. The molecule has 3 aromatic rings. The lowest BCUT2D eigenvalue weighted by atomic mass is 9.62. The summed E-state index contributed by atoms with van der Waals surface area (Å²) in [6, 6.07) is 19.1. The summed E-state index contributed by atoms with van der Waals surface area (Å²) in [5.41, 5.74) is 5.98. The number of aromatic nitrogens is 2. The van der Waals surface area contributed by atoms with Crippen LogP contribution in [0.2, 0.25) is 0 Å². The number of hydrogen-bond acceptors (Lipinski definition) is 3. The Morgan fingerprint density at radius 2 is 1.74 bits per heavy atom. The first-order valence-corrected chi connectivity index (χ1v) is 12.6. The highest BCUT2D eigenvalue weighted by Gasteiger charge is 2.43. The molecule has 1 aromatic heterocycles. The van der Waals surface area contributed by atoms with Crippen LogP contribution < -0.4 is 5.56 Å². The van der Waals surface area contributed by atoms with Gasteiger partial charge < -0.3 is 0 Å². The molecule has 3 nitrogen and oxygen atoms in total. The van der Waals surface area contributed by atoms with Gasteiger partial charge in [0, 0.05) is 23.3 Å². The SMILES string of the molecule is CCn1c(SCCc2ccccc2)nc2c(c1=O)C1(CCCCC1)Cc1ccccc1-2. The van der Waals surface area contributed by atoms with E-state index in [9.17, 15) is 4.79 Å². The van der Waals surface area contributed by atoms with Crippen LogP contribution >= 0.6 is 11.8 Å². The summed E-state index contributed by atoms with van der Waals surface area (Å²) in [5.74, 6) is 0.919. The maximum Gasteiger partial charge on any atom is 0.258 e. The van der Waals surface area contributed by atoms with Crippen LogP contribution in [0, 0.1) is 0 Å². The maximum absolute atomic E-state index is 13.9. The Morgan fingerprint density at radius 3 is 2.52 bits per heavy atom. The van der Waals surface area contributed by atoms with Crippen molar-refractivity contribution in [1.29, 1.82) is 0 Å². The summed E-state index contributed by atoms with van der Waals surface area (Å²) in [4.78, 5) is 19.1. The normalized spacial score (nSPS) is 16.7. The van der Waals surface area contributed by atoms with Crippen molar-refractivity contribution < 1.29 is 0 Å². The molecule has 1 saturated carbocycles. The van der Waals surface area contributed by atoms with Gasteiger partial charge in [0.1, 0.15) is 0 Å². The smallest absolute Gasteiger partial charge is 0.258 e. The molecule has 0 unspecified atom stereocenters. The van der Waals surface area contributed by atoms with Crippen LogP contribution in [0.25, 0.3) is 11.3 Å². The summed E-state index contributed by atoms with van der Waals surface area (Å²) < 4.78 is 1.93. The first-order chi connectivity index (χ1) is 15.2. The first kappa shape index (κ1) is 20.6. The van der Waals surface area contributed by atoms with Crippen LogP contribution in [0.3, 0.4) is 0 Å². The molecule has 2 aromatic carbocycles. The molecule has 0 atom stereocenters. The number of benzene rings is 2. The highest BCUT2D eigenvalue weighted by atomic mass is 32.2. The van der Waals surface area contributed by atoms with E-state index in [0.29, 0.717) is 6.54 Å². The third-order valence-electron chi connectivity index (χ3n) is 7.06. The van der Waals surface area contributed by atoms with E-state index in [0.717, 1.165) is 47.8 Å². The van der Waals surface area contributed by atoms with E-state index in [4.69, 9.17) is 4.98 Å². The van der Waals surface area contributed by atoms with Crippen LogP contribution in [0.5, 0.6) is 0 Å². The van der Waals surface area contributed by atoms with Gasteiger partial charge in [0.25, 0.3) is 5.56 Å². The second kappa shape index (κ2) is 8.66. The van der Waals surface area contributed by atoms with Gasteiger partial charge in [-0.05, 0) is 43.7 Å². The van der Waals surface area contributed by atoms with Crippen LogP contribution in [-0.2, 0) is 24.8 Å². The maximum atomic E-state index is 13.9. The first-order valence-electron chi connectivity index (χ1n) is 11.6. The van der Waals surface area contributed by atoms with Crippen molar-refractivity contribution in [3.05, 3.63) is 81.6 Å². The quantitative estimate of drug-likeness (QED) is 0.366. The second-order valence-electron chi connectivity index (χ2n) is 8.93. The molecule has 0 aliphatic heterocycles. The highest BCUT2D eigenvalue weighted by molar-refractivity contribution is 7.99. The molecule has 4 heteroatoms. The minimum absolute atomic E-state index is 0.0316. The number of hydrogen-bond donors (Lipinski definition) is 0. The van der Waals surface area contributed by atoms with E-state index in [1.54, 1.807) is 11.8 Å². The number of fused-ring (bicyclic) bond motifs is 4. The van der Waals surface area contributed by atoms with Gasteiger partial charge in [-0.15, -0.1) is 0 Å². The number of rotatable bonds is 5. The summed E-state index contributed by atoms with van der Waals surface area (Å²) in [6.07, 6.45) is 7.87. The Kier molecular flexibility index (Phi) is 5.75. The van der Waals surface area contributed by atoms with E-state index in [1.165, 1.54) is 36.0 Å². The summed E-state index contributed by atoms with van der Waals surface area (Å²) >= 11 is 1.72. The van der Waals surface area contributed by atoms with E-state index >= 15 is 0 Å². The lowest BCUT2D eigenvalue weighted by Gasteiger charge is -2.42. The highest BCUT2D eigenvalue weighted by Crippen LogP contribution is 2.48. The fourth-order valence-electron chi connectivity index (χ4n) is 5.52. The molecular weight excluding hydrogens is 400 g/mol. The van der Waals surface area contributed by atoms with Gasteiger partial charge in [0.05, 0.1) is 11.3 Å². The van der Waals surface area contributed by atoms with Crippen LogP contribution in [0.15, 0.2) is 64.5 Å². The molecule has 5 rings (SSSR count). The van der Waals surface area contributed by atoms with Crippen molar-refractivity contribution in [3.8, 4) is 11.3 Å². The summed E-state index contributed by atoms with van der Waals surface area (Å²) in [6.45, 7) is 2.74. The van der Waals surface area contributed by atoms with Crippen LogP contribution in [0.1, 0.15) is 55.7 Å². The zero-order valence-electron chi connectivity index (χ0n) is 18.3. The van der Waals surface area contributed by atoms with Crippen molar-refractivity contribution >= 4 is 11.8 Å². The summed E-state index contributed by atoms with van der Waals surface area (Å²) in [7, 11) is 0. The summed E-state index contributed by atoms with van der Waals surface area (Å²) in [5, 5.41) is 0.866. The zero-order valence-corrected chi connectivity index (χ0v) is 19.1. The van der Waals surface area contributed by atoms with Crippen molar-refractivity contribution in [2.75, 3.05) is 5.75 Å². The molecule has 160 valence electrons. The zero-order chi connectivity index (χ0) is 21.3. The van der Waals surface area contributed by atoms with Gasteiger partial charge in [-0.25, -0.2) is 4.98 Å². The third kappa shape index (κ3) is 3.76. The third-order valence-corrected chi connectivity index (χ3v) is 8.04. The van der Waals surface area contributed by atoms with Gasteiger partial charge in [-0.3, -0.25) is 9.36 Å². The van der Waals surface area contributed by atoms with E-state index in [2.05, 4.69) is 61.5 Å². The topological polar surface area (TPSA) is 34.9 Å². The van der Waals surface area contributed by atoms with Gasteiger partial charge >= 0.3 is 0 Å². The Hall–Kier alpha value is -2.33. The molecule has 1 spiro atoms. The second-order valence-corrected chi connectivity index (χ2v) is 9.99. The molecule has 0 radical (unpaired) electrons. The van der Waals surface area contributed by atoms with Crippen molar-refractivity contribution in [1.82, 2.24) is 9.55 Å². The lowest BCUT2D eigenvalue weighted by Crippen LogP contribution is -2.43. The predicted octanol–water partition coefficient (Wildman–Crippen LogP) is 6.02. The van der Waals surface area contributed by atoms with E-state index in [1.807, 2.05) is 4.57 Å². The molecule has 31 heavy (non-hydrogen) atoms. The number of aryl methyl sites for hydroxylation is 1. The molecule has 2 aliphatic carbocycles. The van der Waals surface area contributed by atoms with Crippen molar-refractivity contribution in [2.24, 2.45) is 0 Å². The molecule has 0 N–H and O–H groups in total. The number of nitrogens with zero attached hydrogens (tertiary/aromatic N) is 2. The molecule has 2 aliphatic rings. The standard InChI is InChI=1S/C27H30N2OS/c1-2-29-25(30)23-24(28-26(29)31-18-15-20-11-5-3-6-12-20)22-14-8-7-13-21(22)19-27(23)16-9-4-10-17-27/h3,5-8,11-14H,2,4,9-10,15-19H2,1H3.